The van der Waals surface area contributed by atoms with Crippen molar-refractivity contribution in [3.63, 3.8) is 0 Å². The Hall–Kier alpha value is -5.92. The van der Waals surface area contributed by atoms with Gasteiger partial charge in [-0.3, -0.25) is 9.98 Å². The van der Waals surface area contributed by atoms with Crippen molar-refractivity contribution in [3.05, 3.63) is 187 Å². The highest BCUT2D eigenvalue weighted by molar-refractivity contribution is 5.89. The first-order valence-electron chi connectivity index (χ1n) is 21.0. The van der Waals surface area contributed by atoms with Crippen LogP contribution < -0.4 is 0 Å². The van der Waals surface area contributed by atoms with Crippen molar-refractivity contribution in [1.29, 1.82) is 0 Å². The van der Waals surface area contributed by atoms with Gasteiger partial charge in [-0.05, 0) is 106 Å². The Morgan fingerprint density at radius 2 is 1.63 bits per heavy atom. The van der Waals surface area contributed by atoms with E-state index >= 15 is 0 Å². The van der Waals surface area contributed by atoms with Crippen molar-refractivity contribution < 1.29 is 0 Å². The molecule has 60 heavy (non-hydrogen) atoms. The molecule has 2 rings (SSSR count). The van der Waals surface area contributed by atoms with Crippen LogP contribution in [0, 0.1) is 36.0 Å². The van der Waals surface area contributed by atoms with E-state index in [4.69, 9.17) is 11.4 Å². The van der Waals surface area contributed by atoms with Gasteiger partial charge >= 0.3 is 0 Å². The number of aryl methyl sites for hydroxylation is 1. The summed E-state index contributed by atoms with van der Waals surface area (Å²) < 4.78 is 2.21. The third kappa shape index (κ3) is 13.3. The van der Waals surface area contributed by atoms with Crippen LogP contribution in [0.5, 0.6) is 0 Å². The van der Waals surface area contributed by atoms with Crippen molar-refractivity contribution in [2.24, 2.45) is 21.7 Å². The molecule has 0 amide bonds. The molecule has 0 spiro atoms. The highest BCUT2D eigenvalue weighted by Crippen LogP contribution is 2.41. The fourth-order valence-electron chi connectivity index (χ4n) is 7.23. The molecule has 2 aromatic rings. The molecule has 0 saturated carbocycles. The molecule has 4 nitrogen and oxygen atoms in total. The number of nitrogens with zero attached hydrogens (tertiary/aromatic N) is 4. The monoisotopic (exact) mass is 801 g/mol. The van der Waals surface area contributed by atoms with Gasteiger partial charge in [-0.1, -0.05) is 152 Å². The molecule has 1 atom stereocenters. The van der Waals surface area contributed by atoms with E-state index in [1.54, 1.807) is 12.3 Å². The lowest BCUT2D eigenvalue weighted by atomic mass is 9.73. The SMILES string of the molecule is C#C[C@@H](N=C/C=C\CN(C/C=C\C=C)C(=C)/C=C\C(=C/C)C(C)(C)/C(C=C)=C/C=C(\C)C(C)(C)C(=C/C)/C(C)=C\C(=C)n1c(/C=C\CC=C)c(C)c2ncccc21)C(C)C. The number of hydrogen-bond acceptors (Lipinski definition) is 3. The lowest BCUT2D eigenvalue weighted by Crippen LogP contribution is -2.22. The maximum atomic E-state index is 5.64. The number of terminal acetylenes is 1. The number of allylic oxidation sites excluding steroid dienone is 19. The van der Waals surface area contributed by atoms with Crippen LogP contribution in [0.2, 0.25) is 0 Å². The summed E-state index contributed by atoms with van der Waals surface area (Å²) in [5.74, 6) is 3.04. The van der Waals surface area contributed by atoms with E-state index in [0.29, 0.717) is 13.1 Å². The van der Waals surface area contributed by atoms with E-state index in [-0.39, 0.29) is 22.8 Å². The molecule has 2 aromatic heterocycles. The maximum Gasteiger partial charge on any atom is 0.112 e. The van der Waals surface area contributed by atoms with Gasteiger partial charge in [-0.15, -0.1) is 13.0 Å². The summed E-state index contributed by atoms with van der Waals surface area (Å²) in [7, 11) is 0. The number of aromatic nitrogens is 2. The van der Waals surface area contributed by atoms with Crippen LogP contribution in [-0.4, -0.2) is 39.8 Å². The second-order valence-electron chi connectivity index (χ2n) is 16.3. The van der Waals surface area contributed by atoms with Crippen LogP contribution in [0.15, 0.2) is 181 Å². The van der Waals surface area contributed by atoms with Gasteiger partial charge in [0.15, 0.2) is 0 Å². The Morgan fingerprint density at radius 1 is 0.950 bits per heavy atom. The second kappa shape index (κ2) is 24.2. The molecular formula is C56H72N4. The van der Waals surface area contributed by atoms with Gasteiger partial charge in [-0.2, -0.15) is 0 Å². The largest absolute Gasteiger partial charge is 0.365 e. The molecule has 0 aliphatic rings. The highest BCUT2D eigenvalue weighted by atomic mass is 15.1. The molecular weight excluding hydrogens is 729 g/mol. The fourth-order valence-corrected chi connectivity index (χ4v) is 7.23. The van der Waals surface area contributed by atoms with Crippen LogP contribution in [0.25, 0.3) is 22.8 Å². The molecule has 0 aromatic carbocycles. The Balaban J connectivity index is 2.42. The van der Waals surface area contributed by atoms with Crippen molar-refractivity contribution in [3.8, 4) is 12.3 Å². The minimum absolute atomic E-state index is 0.130. The zero-order valence-corrected chi connectivity index (χ0v) is 38.7. The minimum Gasteiger partial charge on any atom is -0.365 e. The fraction of sp³-hybridized carbons (Fsp3) is 0.321. The van der Waals surface area contributed by atoms with Crippen LogP contribution in [-0.2, 0) is 0 Å². The summed E-state index contributed by atoms with van der Waals surface area (Å²) in [4.78, 5) is 11.4. The summed E-state index contributed by atoms with van der Waals surface area (Å²) in [6.45, 7) is 46.2. The zero-order valence-electron chi connectivity index (χ0n) is 38.7. The number of pyridine rings is 1. The van der Waals surface area contributed by atoms with E-state index in [0.717, 1.165) is 56.8 Å². The Morgan fingerprint density at radius 3 is 2.22 bits per heavy atom. The normalized spacial score (nSPS) is 14.7. The highest BCUT2D eigenvalue weighted by Gasteiger charge is 2.28. The minimum atomic E-state index is -0.330. The van der Waals surface area contributed by atoms with Gasteiger partial charge in [0.1, 0.15) is 6.04 Å². The van der Waals surface area contributed by atoms with Crippen molar-refractivity contribution in [2.75, 3.05) is 13.1 Å². The molecule has 0 saturated heterocycles. The topological polar surface area (TPSA) is 33.4 Å². The quantitative estimate of drug-likeness (QED) is 0.0485. The summed E-state index contributed by atoms with van der Waals surface area (Å²) in [6.07, 6.45) is 43.4. The Bertz CT molecular complexity index is 2210. The average Bonchev–Trinajstić information content (AvgIpc) is 3.49. The van der Waals surface area contributed by atoms with Crippen LogP contribution in [0.3, 0.4) is 0 Å². The smallest absolute Gasteiger partial charge is 0.112 e. The van der Waals surface area contributed by atoms with Crippen molar-refractivity contribution in [1.82, 2.24) is 14.5 Å². The predicted molar refractivity (Wildman–Crippen MR) is 269 cm³/mol. The van der Waals surface area contributed by atoms with Gasteiger partial charge in [-0.25, -0.2) is 0 Å². The van der Waals surface area contributed by atoms with E-state index in [9.17, 15) is 0 Å². The molecule has 0 aliphatic carbocycles. The first-order chi connectivity index (χ1) is 28.5. The van der Waals surface area contributed by atoms with Crippen LogP contribution >= 0.6 is 0 Å². The molecule has 0 unspecified atom stereocenters. The molecule has 0 radical (unpaired) electrons. The van der Waals surface area contributed by atoms with Crippen LogP contribution in [0.1, 0.15) is 86.9 Å². The lowest BCUT2D eigenvalue weighted by Gasteiger charge is -2.31. The maximum absolute atomic E-state index is 5.64. The van der Waals surface area contributed by atoms with Gasteiger partial charge in [0.25, 0.3) is 0 Å². The van der Waals surface area contributed by atoms with E-state index in [1.807, 2.05) is 36.6 Å². The third-order valence-corrected chi connectivity index (χ3v) is 11.2. The summed E-state index contributed by atoms with van der Waals surface area (Å²) in [5, 5.41) is 0. The summed E-state index contributed by atoms with van der Waals surface area (Å²) >= 11 is 0. The Labute approximate surface area is 365 Å². The number of aliphatic imine (C=N–C) groups is 1. The van der Waals surface area contributed by atoms with Gasteiger partial charge in [0.2, 0.25) is 0 Å². The standard InChI is InChI=1S/C56H72N4/c1-18-24-26-31-52-47(13)54-53(32-30-38-58-54)60(52)46(12)41-43(9)50(22-5)55(14,15)44(10)33-35-48(20-3)56(16,17)49(21-4)36-34-45(11)59(39-28-25-19-2)40-29-27-37-57-51(23-6)42(7)8/h6,18-22,25-38,41-42,51H,1-3,11-12,24,39-40H2,4-5,7-10,13-17H3/b28-25-,29-27-,31-26-,36-34-,43-41-,44-33+,48-35+,49-21+,50-22+,57-37?/t51-/m1/s1. The third-order valence-electron chi connectivity index (χ3n) is 11.2. The Kier molecular flexibility index (Phi) is 20.3. The van der Waals surface area contributed by atoms with Gasteiger partial charge in [0.05, 0.1) is 16.7 Å². The van der Waals surface area contributed by atoms with E-state index < -0.39 is 0 Å². The van der Waals surface area contributed by atoms with E-state index in [1.165, 1.54) is 11.1 Å². The van der Waals surface area contributed by atoms with Gasteiger partial charge < -0.3 is 9.47 Å². The molecule has 0 N–H and O–H groups in total. The number of fused-ring (bicyclic) bond motifs is 1. The number of hydrogen-bond donors (Lipinski definition) is 0. The van der Waals surface area contributed by atoms with Crippen molar-refractivity contribution in [2.45, 2.75) is 88.6 Å². The molecule has 0 aliphatic heterocycles. The molecule has 0 fully saturated rings. The van der Waals surface area contributed by atoms with Gasteiger partial charge in [0, 0.05) is 53.3 Å². The molecule has 0 bridgehead atoms. The first kappa shape index (κ1) is 50.2. The molecule has 316 valence electrons. The van der Waals surface area contributed by atoms with Crippen LogP contribution in [0.4, 0.5) is 0 Å². The first-order valence-corrected chi connectivity index (χ1v) is 21.0. The average molecular weight is 801 g/mol. The lowest BCUT2D eigenvalue weighted by molar-refractivity contribution is 0.436. The summed E-state index contributed by atoms with van der Waals surface area (Å²) in [5.41, 5.74) is 11.3. The van der Waals surface area contributed by atoms with E-state index in [2.05, 4.69) is 202 Å². The molecule has 2 heterocycles. The van der Waals surface area contributed by atoms with Crippen molar-refractivity contribution >= 4 is 29.0 Å². The second-order valence-corrected chi connectivity index (χ2v) is 16.3. The predicted octanol–water partition coefficient (Wildman–Crippen LogP) is 14.8. The number of rotatable bonds is 23. The summed E-state index contributed by atoms with van der Waals surface area (Å²) in [6, 6.07) is 3.96. The molecule has 4 heteroatoms. The zero-order chi connectivity index (χ0) is 45.0.